The molecule has 66 valence electrons. The molecule has 0 aromatic heterocycles. The molecule has 0 spiro atoms. The highest BCUT2D eigenvalue weighted by Gasteiger charge is 2.15. The van der Waals surface area contributed by atoms with E-state index in [0.717, 1.165) is 0 Å². The molecule has 13 heavy (non-hydrogen) atoms. The number of nitrogens with zero attached hydrogens (tertiary/aromatic N) is 1. The molecule has 0 aliphatic heterocycles. The number of anilines is 2. The van der Waals surface area contributed by atoms with Crippen molar-refractivity contribution in [3.63, 3.8) is 0 Å². The van der Waals surface area contributed by atoms with Crippen molar-refractivity contribution in [1.82, 2.24) is 0 Å². The van der Waals surface area contributed by atoms with E-state index in [0.29, 0.717) is 0 Å². The zero-order valence-electron chi connectivity index (χ0n) is 6.61. The molecule has 0 atom stereocenters. The quantitative estimate of drug-likeness (QED) is 0.538. The molecule has 0 saturated carbocycles. The van der Waals surface area contributed by atoms with Crippen LogP contribution < -0.4 is 11.5 Å². The second-order valence-corrected chi connectivity index (χ2v) is 2.41. The average Bonchev–Trinajstić information content (AvgIpc) is 2.08. The monoisotopic (exact) mass is 177 g/mol. The topological polar surface area (TPSA) is 113 Å². The summed E-state index contributed by atoms with van der Waals surface area (Å²) in [6.07, 6.45) is 0. The first-order valence-corrected chi connectivity index (χ1v) is 3.39. The second kappa shape index (κ2) is 3.03. The average molecular weight is 177 g/mol. The minimum atomic E-state index is -1.25. The molecule has 0 heterocycles. The van der Waals surface area contributed by atoms with Crippen LogP contribution in [-0.2, 0) is 0 Å². The summed E-state index contributed by atoms with van der Waals surface area (Å²) < 4.78 is 0. The molecule has 5 heteroatoms. The van der Waals surface area contributed by atoms with E-state index in [1.54, 1.807) is 6.07 Å². The molecule has 5 N–H and O–H groups in total. The van der Waals surface area contributed by atoms with Crippen LogP contribution in [0.2, 0.25) is 0 Å². The number of nitriles is 1. The number of nitrogens with two attached hydrogens (primary N) is 2. The standard InChI is InChI=1S/C8H7N3O2/c9-3-4-1-2-5(10)7(11)6(4)8(12)13/h1-2H,10-11H2,(H,12,13). The van der Waals surface area contributed by atoms with E-state index in [9.17, 15) is 4.79 Å². The van der Waals surface area contributed by atoms with Crippen LogP contribution in [0.5, 0.6) is 0 Å². The Morgan fingerprint density at radius 2 is 2.08 bits per heavy atom. The van der Waals surface area contributed by atoms with E-state index in [-0.39, 0.29) is 22.5 Å². The number of rotatable bonds is 1. The Kier molecular flexibility index (Phi) is 2.07. The largest absolute Gasteiger partial charge is 0.478 e. The summed E-state index contributed by atoms with van der Waals surface area (Å²) in [6.45, 7) is 0. The van der Waals surface area contributed by atoms with Crippen LogP contribution in [0.3, 0.4) is 0 Å². The van der Waals surface area contributed by atoms with Crippen molar-refractivity contribution >= 4 is 17.3 Å². The predicted molar refractivity (Wildman–Crippen MR) is 46.9 cm³/mol. The summed E-state index contributed by atoms with van der Waals surface area (Å²) in [5.41, 5.74) is 10.7. The third-order valence-corrected chi connectivity index (χ3v) is 1.61. The number of nitrogen functional groups attached to an aromatic ring is 2. The van der Waals surface area contributed by atoms with Crippen LogP contribution in [-0.4, -0.2) is 11.1 Å². The summed E-state index contributed by atoms with van der Waals surface area (Å²) in [5.74, 6) is -1.25. The number of carboxylic acid groups (broad SMARTS) is 1. The zero-order chi connectivity index (χ0) is 10.0. The molecule has 5 nitrogen and oxygen atoms in total. The van der Waals surface area contributed by atoms with Crippen molar-refractivity contribution in [2.45, 2.75) is 0 Å². The highest BCUT2D eigenvalue weighted by molar-refractivity contribution is 5.99. The fourth-order valence-corrected chi connectivity index (χ4v) is 0.959. The van der Waals surface area contributed by atoms with Crippen molar-refractivity contribution in [3.05, 3.63) is 23.3 Å². The SMILES string of the molecule is N#Cc1ccc(N)c(N)c1C(=O)O. The first kappa shape index (κ1) is 8.87. The normalized spacial score (nSPS) is 9.15. The maximum Gasteiger partial charge on any atom is 0.339 e. The van der Waals surface area contributed by atoms with Gasteiger partial charge in [-0.15, -0.1) is 0 Å². The van der Waals surface area contributed by atoms with Crippen LogP contribution >= 0.6 is 0 Å². The number of benzene rings is 1. The van der Waals surface area contributed by atoms with Gasteiger partial charge in [0.05, 0.1) is 16.9 Å². The van der Waals surface area contributed by atoms with E-state index in [4.69, 9.17) is 21.8 Å². The van der Waals surface area contributed by atoms with Gasteiger partial charge in [-0.25, -0.2) is 4.79 Å². The number of hydrogen-bond acceptors (Lipinski definition) is 4. The minimum absolute atomic E-state index is 0.0131. The Labute approximate surface area is 74.2 Å². The van der Waals surface area contributed by atoms with E-state index in [1.165, 1.54) is 12.1 Å². The van der Waals surface area contributed by atoms with Gasteiger partial charge in [-0.2, -0.15) is 5.26 Å². The smallest absolute Gasteiger partial charge is 0.339 e. The first-order valence-electron chi connectivity index (χ1n) is 3.39. The van der Waals surface area contributed by atoms with Crippen molar-refractivity contribution in [2.75, 3.05) is 11.5 Å². The van der Waals surface area contributed by atoms with Gasteiger partial charge in [0.15, 0.2) is 0 Å². The number of carboxylic acids is 1. The molecule has 0 aliphatic rings. The van der Waals surface area contributed by atoms with Crippen molar-refractivity contribution < 1.29 is 9.90 Å². The first-order chi connectivity index (χ1) is 6.07. The molecule has 1 aromatic rings. The lowest BCUT2D eigenvalue weighted by molar-refractivity contribution is 0.0698. The third kappa shape index (κ3) is 1.37. The number of hydrogen-bond donors (Lipinski definition) is 3. The van der Waals surface area contributed by atoms with Gasteiger partial charge in [-0.1, -0.05) is 0 Å². The fraction of sp³-hybridized carbons (Fsp3) is 0. The Morgan fingerprint density at radius 3 is 2.54 bits per heavy atom. The van der Waals surface area contributed by atoms with Crippen molar-refractivity contribution in [3.8, 4) is 6.07 Å². The molecular formula is C8H7N3O2. The maximum absolute atomic E-state index is 10.7. The van der Waals surface area contributed by atoms with Gasteiger partial charge in [0, 0.05) is 0 Å². The molecule has 0 bridgehead atoms. The maximum atomic E-state index is 10.7. The zero-order valence-corrected chi connectivity index (χ0v) is 6.61. The lowest BCUT2D eigenvalue weighted by Crippen LogP contribution is -2.07. The molecule has 1 aromatic carbocycles. The summed E-state index contributed by atoms with van der Waals surface area (Å²) in [6, 6.07) is 4.46. The summed E-state index contributed by atoms with van der Waals surface area (Å²) in [7, 11) is 0. The lowest BCUT2D eigenvalue weighted by Gasteiger charge is -2.05. The summed E-state index contributed by atoms with van der Waals surface area (Å²) >= 11 is 0. The van der Waals surface area contributed by atoms with Crippen LogP contribution in [0.1, 0.15) is 15.9 Å². The Morgan fingerprint density at radius 1 is 1.46 bits per heavy atom. The molecule has 0 amide bonds. The summed E-state index contributed by atoms with van der Waals surface area (Å²) in [4.78, 5) is 10.7. The van der Waals surface area contributed by atoms with Crippen molar-refractivity contribution in [2.24, 2.45) is 0 Å². The number of aromatic carboxylic acids is 1. The van der Waals surface area contributed by atoms with Gasteiger partial charge in [0.1, 0.15) is 11.6 Å². The van der Waals surface area contributed by atoms with Crippen LogP contribution in [0.4, 0.5) is 11.4 Å². The lowest BCUT2D eigenvalue weighted by atomic mass is 10.1. The Hall–Kier alpha value is -2.22. The van der Waals surface area contributed by atoms with Gasteiger partial charge in [0.25, 0.3) is 0 Å². The van der Waals surface area contributed by atoms with Gasteiger partial charge in [-0.3, -0.25) is 0 Å². The molecule has 1 rings (SSSR count). The second-order valence-electron chi connectivity index (χ2n) is 2.41. The minimum Gasteiger partial charge on any atom is -0.478 e. The molecule has 0 fully saturated rings. The highest BCUT2D eigenvalue weighted by atomic mass is 16.4. The van der Waals surface area contributed by atoms with E-state index >= 15 is 0 Å². The Balaban J connectivity index is 3.53. The number of carbonyl (C=O) groups is 1. The van der Waals surface area contributed by atoms with Crippen LogP contribution in [0.15, 0.2) is 12.1 Å². The van der Waals surface area contributed by atoms with Gasteiger partial charge in [-0.05, 0) is 12.1 Å². The third-order valence-electron chi connectivity index (χ3n) is 1.61. The molecular weight excluding hydrogens is 170 g/mol. The van der Waals surface area contributed by atoms with Gasteiger partial charge in [0.2, 0.25) is 0 Å². The van der Waals surface area contributed by atoms with Crippen LogP contribution in [0, 0.1) is 11.3 Å². The molecule has 0 unspecified atom stereocenters. The molecule has 0 saturated heterocycles. The summed E-state index contributed by atoms with van der Waals surface area (Å²) in [5, 5.41) is 17.3. The van der Waals surface area contributed by atoms with E-state index in [1.807, 2.05) is 0 Å². The van der Waals surface area contributed by atoms with E-state index < -0.39 is 5.97 Å². The molecule has 0 radical (unpaired) electrons. The van der Waals surface area contributed by atoms with E-state index in [2.05, 4.69) is 0 Å². The predicted octanol–water partition coefficient (Wildman–Crippen LogP) is 0.421. The highest BCUT2D eigenvalue weighted by Crippen LogP contribution is 2.23. The van der Waals surface area contributed by atoms with Crippen LogP contribution in [0.25, 0.3) is 0 Å². The Bertz CT molecular complexity index is 407. The fourth-order valence-electron chi connectivity index (χ4n) is 0.959. The van der Waals surface area contributed by atoms with Crippen molar-refractivity contribution in [1.29, 1.82) is 5.26 Å². The van der Waals surface area contributed by atoms with Gasteiger partial charge >= 0.3 is 5.97 Å². The molecule has 0 aliphatic carbocycles. The van der Waals surface area contributed by atoms with Gasteiger partial charge < -0.3 is 16.6 Å².